The van der Waals surface area contributed by atoms with Gasteiger partial charge < -0.3 is 15.0 Å². The van der Waals surface area contributed by atoms with Gasteiger partial charge in [-0.15, -0.1) is 0 Å². The van der Waals surface area contributed by atoms with Crippen molar-refractivity contribution in [3.05, 3.63) is 30.1 Å². The number of nitrogens with zero attached hydrogens (tertiary/aromatic N) is 1. The van der Waals surface area contributed by atoms with Crippen LogP contribution in [0.15, 0.2) is 24.3 Å². The van der Waals surface area contributed by atoms with Crippen LogP contribution in [-0.2, 0) is 20.7 Å². The van der Waals surface area contributed by atoms with Gasteiger partial charge in [0.15, 0.2) is 0 Å². The molecule has 1 atom stereocenters. The Labute approximate surface area is 152 Å². The van der Waals surface area contributed by atoms with E-state index >= 15 is 0 Å². The number of aromatic amines is 1. The summed E-state index contributed by atoms with van der Waals surface area (Å²) in [4.78, 5) is 32.3. The molecule has 1 amide bonds. The molecule has 4 rings (SSSR count). The largest absolute Gasteiger partial charge is 0.458 e. The first-order chi connectivity index (χ1) is 12.7. The number of hydrogen-bond donors (Lipinski definition) is 2. The first-order valence-electron chi connectivity index (χ1n) is 9.59. The second kappa shape index (κ2) is 7.09. The highest BCUT2D eigenvalue weighted by Crippen LogP contribution is 2.44. The average molecular weight is 355 g/mol. The summed E-state index contributed by atoms with van der Waals surface area (Å²) in [5, 5.41) is 3.01. The molecule has 2 aromatic rings. The molecular weight excluding hydrogens is 330 g/mol. The first kappa shape index (κ1) is 17.1. The Kier molecular flexibility index (Phi) is 4.66. The number of aryl methyl sites for hydroxylation is 1. The van der Waals surface area contributed by atoms with Gasteiger partial charge in [0.1, 0.15) is 11.4 Å². The number of H-pyrrole nitrogens is 1. The van der Waals surface area contributed by atoms with Gasteiger partial charge in [0.2, 0.25) is 5.91 Å². The fraction of sp³-hybridized carbons (Fsp3) is 0.550. The van der Waals surface area contributed by atoms with E-state index in [0.29, 0.717) is 6.54 Å². The van der Waals surface area contributed by atoms with Crippen molar-refractivity contribution in [2.24, 2.45) is 5.92 Å². The number of fused-ring (bicyclic) bond motifs is 1. The molecule has 1 aliphatic carbocycles. The van der Waals surface area contributed by atoms with Gasteiger partial charge in [0.25, 0.3) is 0 Å². The SMILES string of the molecule is O=C1C[C@H](C(=O)NCCCc2nc3ccccc3[nH]2)C2(CCCCC2)O1. The minimum atomic E-state index is -0.543. The molecule has 2 N–H and O–H groups in total. The lowest BCUT2D eigenvalue weighted by atomic mass is 9.75. The topological polar surface area (TPSA) is 84.1 Å². The molecule has 6 nitrogen and oxygen atoms in total. The Morgan fingerprint density at radius 3 is 2.88 bits per heavy atom. The van der Waals surface area contributed by atoms with Gasteiger partial charge in [-0.05, 0) is 44.2 Å². The average Bonchev–Trinajstić information content (AvgIpc) is 3.19. The van der Waals surface area contributed by atoms with E-state index in [-0.39, 0.29) is 24.2 Å². The standard InChI is InChI=1S/C20H25N3O3/c24-18-13-14(20(26-18)10-4-1-5-11-20)19(25)21-12-6-9-17-22-15-7-2-3-8-16(15)23-17/h2-3,7-8,14H,1,4-6,9-13H2,(H,21,25)(H,22,23)/t14-/m1/s1. The van der Waals surface area contributed by atoms with Crippen LogP contribution in [0.5, 0.6) is 0 Å². The van der Waals surface area contributed by atoms with Crippen molar-refractivity contribution in [1.82, 2.24) is 15.3 Å². The Balaban J connectivity index is 1.30. The highest BCUT2D eigenvalue weighted by atomic mass is 16.6. The first-order valence-corrected chi connectivity index (χ1v) is 9.59. The zero-order valence-corrected chi connectivity index (χ0v) is 14.9. The normalized spacial score (nSPS) is 21.8. The van der Waals surface area contributed by atoms with Crippen LogP contribution in [0.4, 0.5) is 0 Å². The maximum absolute atomic E-state index is 12.6. The summed E-state index contributed by atoms with van der Waals surface area (Å²) in [6.07, 6.45) is 6.65. The van der Waals surface area contributed by atoms with Crippen LogP contribution in [0.25, 0.3) is 11.0 Å². The molecule has 2 fully saturated rings. The molecule has 26 heavy (non-hydrogen) atoms. The lowest BCUT2D eigenvalue weighted by Gasteiger charge is -2.36. The lowest BCUT2D eigenvalue weighted by Crippen LogP contribution is -2.46. The predicted molar refractivity (Wildman–Crippen MR) is 97.4 cm³/mol. The summed E-state index contributed by atoms with van der Waals surface area (Å²) in [5.74, 6) is 0.335. The van der Waals surface area contributed by atoms with Gasteiger partial charge >= 0.3 is 5.97 Å². The monoisotopic (exact) mass is 355 g/mol. The van der Waals surface area contributed by atoms with Crippen molar-refractivity contribution < 1.29 is 14.3 Å². The molecule has 0 radical (unpaired) electrons. The summed E-state index contributed by atoms with van der Waals surface area (Å²) >= 11 is 0. The van der Waals surface area contributed by atoms with Crippen LogP contribution in [0.3, 0.4) is 0 Å². The van der Waals surface area contributed by atoms with E-state index in [1.807, 2.05) is 24.3 Å². The third-order valence-electron chi connectivity index (χ3n) is 5.67. The van der Waals surface area contributed by atoms with Crippen LogP contribution >= 0.6 is 0 Å². The van der Waals surface area contributed by atoms with Crippen LogP contribution in [0, 0.1) is 5.92 Å². The zero-order chi connectivity index (χ0) is 18.0. The molecule has 1 aromatic carbocycles. The number of aromatic nitrogens is 2. The van der Waals surface area contributed by atoms with Gasteiger partial charge in [-0.1, -0.05) is 18.6 Å². The Morgan fingerprint density at radius 2 is 2.08 bits per heavy atom. The molecule has 1 saturated carbocycles. The van der Waals surface area contributed by atoms with Crippen molar-refractivity contribution in [1.29, 1.82) is 0 Å². The summed E-state index contributed by atoms with van der Waals surface area (Å²) in [6.45, 7) is 0.580. The molecule has 1 saturated heterocycles. The third-order valence-corrected chi connectivity index (χ3v) is 5.67. The number of carbonyl (C=O) groups excluding carboxylic acids is 2. The van der Waals surface area contributed by atoms with E-state index in [1.165, 1.54) is 0 Å². The van der Waals surface area contributed by atoms with E-state index in [0.717, 1.165) is 61.8 Å². The molecule has 6 heteroatoms. The maximum atomic E-state index is 12.6. The van der Waals surface area contributed by atoms with Crippen molar-refractivity contribution in [3.63, 3.8) is 0 Å². The van der Waals surface area contributed by atoms with Gasteiger partial charge in [-0.3, -0.25) is 9.59 Å². The number of amides is 1. The molecule has 2 aliphatic rings. The number of rotatable bonds is 5. The molecule has 1 aromatic heterocycles. The van der Waals surface area contributed by atoms with E-state index < -0.39 is 5.60 Å². The minimum Gasteiger partial charge on any atom is -0.458 e. The van der Waals surface area contributed by atoms with Gasteiger partial charge in [-0.25, -0.2) is 4.98 Å². The van der Waals surface area contributed by atoms with Crippen molar-refractivity contribution in [2.75, 3.05) is 6.54 Å². The summed E-state index contributed by atoms with van der Waals surface area (Å²) in [6, 6.07) is 7.95. The van der Waals surface area contributed by atoms with Crippen molar-refractivity contribution >= 4 is 22.9 Å². The Morgan fingerprint density at radius 1 is 1.27 bits per heavy atom. The van der Waals surface area contributed by atoms with Crippen LogP contribution in [-0.4, -0.2) is 34.0 Å². The second-order valence-electron chi connectivity index (χ2n) is 7.45. The molecular formula is C20H25N3O3. The molecule has 1 spiro atoms. The minimum absolute atomic E-state index is 0.0395. The maximum Gasteiger partial charge on any atom is 0.307 e. The van der Waals surface area contributed by atoms with Crippen molar-refractivity contribution in [3.8, 4) is 0 Å². The van der Waals surface area contributed by atoms with Crippen LogP contribution < -0.4 is 5.32 Å². The number of hydrogen-bond acceptors (Lipinski definition) is 4. The number of nitrogens with one attached hydrogen (secondary N) is 2. The van der Waals surface area contributed by atoms with Gasteiger partial charge in [-0.2, -0.15) is 0 Å². The highest BCUT2D eigenvalue weighted by Gasteiger charge is 2.52. The Hall–Kier alpha value is -2.37. The van der Waals surface area contributed by atoms with Crippen LogP contribution in [0.1, 0.15) is 50.8 Å². The van der Waals surface area contributed by atoms with E-state index in [4.69, 9.17) is 4.74 Å². The molecule has 2 heterocycles. The quantitative estimate of drug-likeness (QED) is 0.638. The second-order valence-corrected chi connectivity index (χ2v) is 7.45. The van der Waals surface area contributed by atoms with E-state index in [2.05, 4.69) is 15.3 Å². The number of imidazole rings is 1. The number of carbonyl (C=O) groups is 2. The number of para-hydroxylation sites is 2. The highest BCUT2D eigenvalue weighted by molar-refractivity contribution is 5.87. The molecule has 0 unspecified atom stereocenters. The van der Waals surface area contributed by atoms with Gasteiger partial charge in [0.05, 0.1) is 23.4 Å². The van der Waals surface area contributed by atoms with Gasteiger partial charge in [0, 0.05) is 13.0 Å². The van der Waals surface area contributed by atoms with Crippen molar-refractivity contribution in [2.45, 2.75) is 57.0 Å². The molecule has 138 valence electrons. The summed E-state index contributed by atoms with van der Waals surface area (Å²) < 4.78 is 5.62. The smallest absolute Gasteiger partial charge is 0.307 e. The Bertz CT molecular complexity index is 774. The number of benzene rings is 1. The molecule has 0 bridgehead atoms. The lowest BCUT2D eigenvalue weighted by molar-refractivity contribution is -0.153. The number of ether oxygens (including phenoxy) is 1. The molecule has 1 aliphatic heterocycles. The fourth-order valence-electron chi connectivity index (χ4n) is 4.34. The third kappa shape index (κ3) is 3.32. The summed E-state index contributed by atoms with van der Waals surface area (Å²) in [7, 11) is 0. The van der Waals surface area contributed by atoms with E-state index in [1.54, 1.807) is 0 Å². The number of esters is 1. The predicted octanol–water partition coefficient (Wildman–Crippen LogP) is 2.88. The zero-order valence-electron chi connectivity index (χ0n) is 14.9. The van der Waals surface area contributed by atoms with Crippen LogP contribution in [0.2, 0.25) is 0 Å². The fourth-order valence-corrected chi connectivity index (χ4v) is 4.34. The summed E-state index contributed by atoms with van der Waals surface area (Å²) in [5.41, 5.74) is 1.46. The van der Waals surface area contributed by atoms with E-state index in [9.17, 15) is 9.59 Å².